The lowest BCUT2D eigenvalue weighted by Gasteiger charge is -2.20. The molecule has 1 aromatic heterocycles. The third kappa shape index (κ3) is 4.41. The quantitative estimate of drug-likeness (QED) is 0.866. The molecular formula is C19H22N4O2. The molecule has 0 radical (unpaired) electrons. The number of anilines is 2. The molecule has 2 aromatic rings. The van der Waals surface area contributed by atoms with Crippen molar-refractivity contribution in [3.63, 3.8) is 0 Å². The minimum Gasteiger partial charge on any atom is -0.341 e. The molecule has 0 bridgehead atoms. The van der Waals surface area contributed by atoms with Gasteiger partial charge in [-0.1, -0.05) is 25.0 Å². The van der Waals surface area contributed by atoms with Gasteiger partial charge in [0, 0.05) is 30.5 Å². The molecule has 6 nitrogen and oxygen atoms in total. The number of carbonyl (C=O) groups excluding carboxylic acids is 2. The Kier molecular flexibility index (Phi) is 5.38. The molecule has 0 spiro atoms. The molecule has 0 saturated carbocycles. The van der Waals surface area contributed by atoms with Gasteiger partial charge in [-0.2, -0.15) is 0 Å². The SMILES string of the molecule is CC(=O)c1cccc(NC(=O)c2ccnc(N3CCCCCC3)n2)c1. The molecule has 0 unspecified atom stereocenters. The van der Waals surface area contributed by atoms with Crippen LogP contribution in [-0.4, -0.2) is 34.7 Å². The molecule has 0 aliphatic carbocycles. The summed E-state index contributed by atoms with van der Waals surface area (Å²) in [5.41, 5.74) is 1.46. The van der Waals surface area contributed by atoms with Gasteiger partial charge in [-0.25, -0.2) is 9.97 Å². The summed E-state index contributed by atoms with van der Waals surface area (Å²) in [5, 5.41) is 2.80. The van der Waals surface area contributed by atoms with Gasteiger partial charge in [0.2, 0.25) is 5.95 Å². The summed E-state index contributed by atoms with van der Waals surface area (Å²) in [4.78, 5) is 34.8. The van der Waals surface area contributed by atoms with Gasteiger partial charge in [-0.15, -0.1) is 0 Å². The van der Waals surface area contributed by atoms with Crippen LogP contribution in [0.25, 0.3) is 0 Å². The number of aromatic nitrogens is 2. The highest BCUT2D eigenvalue weighted by Crippen LogP contribution is 2.16. The van der Waals surface area contributed by atoms with E-state index in [-0.39, 0.29) is 11.7 Å². The lowest BCUT2D eigenvalue weighted by atomic mass is 10.1. The Morgan fingerprint density at radius 2 is 1.84 bits per heavy atom. The summed E-state index contributed by atoms with van der Waals surface area (Å²) >= 11 is 0. The second-order valence-electron chi connectivity index (χ2n) is 6.23. The zero-order chi connectivity index (χ0) is 17.6. The molecule has 1 aromatic carbocycles. The van der Waals surface area contributed by atoms with E-state index < -0.39 is 0 Å². The minimum absolute atomic E-state index is 0.0402. The number of benzene rings is 1. The van der Waals surface area contributed by atoms with Crippen molar-refractivity contribution >= 4 is 23.3 Å². The molecule has 25 heavy (non-hydrogen) atoms. The Morgan fingerprint density at radius 1 is 1.08 bits per heavy atom. The Labute approximate surface area is 147 Å². The van der Waals surface area contributed by atoms with Crippen LogP contribution in [0.15, 0.2) is 36.5 Å². The maximum atomic E-state index is 12.5. The van der Waals surface area contributed by atoms with Gasteiger partial charge in [0.15, 0.2) is 5.78 Å². The number of hydrogen-bond donors (Lipinski definition) is 1. The largest absolute Gasteiger partial charge is 0.341 e. The predicted octanol–water partition coefficient (Wildman–Crippen LogP) is 3.31. The van der Waals surface area contributed by atoms with E-state index in [1.54, 1.807) is 36.5 Å². The third-order valence-electron chi connectivity index (χ3n) is 4.29. The van der Waals surface area contributed by atoms with Gasteiger partial charge < -0.3 is 10.2 Å². The number of Topliss-reactive ketones (excluding diaryl/α,β-unsaturated/α-hetero) is 1. The second kappa shape index (κ2) is 7.88. The van der Waals surface area contributed by atoms with Gasteiger partial charge in [0.1, 0.15) is 5.69 Å². The van der Waals surface area contributed by atoms with E-state index in [0.717, 1.165) is 25.9 Å². The van der Waals surface area contributed by atoms with Crippen LogP contribution in [0.3, 0.4) is 0 Å². The van der Waals surface area contributed by atoms with Crippen molar-refractivity contribution in [2.24, 2.45) is 0 Å². The smallest absolute Gasteiger partial charge is 0.274 e. The molecule has 1 N–H and O–H groups in total. The molecule has 1 amide bonds. The molecule has 3 rings (SSSR count). The predicted molar refractivity (Wildman–Crippen MR) is 97.1 cm³/mol. The number of carbonyl (C=O) groups is 2. The average molecular weight is 338 g/mol. The Balaban J connectivity index is 1.75. The van der Waals surface area contributed by atoms with Crippen LogP contribution in [0, 0.1) is 0 Å². The fourth-order valence-corrected chi connectivity index (χ4v) is 2.91. The van der Waals surface area contributed by atoms with Crippen molar-refractivity contribution in [2.75, 3.05) is 23.3 Å². The van der Waals surface area contributed by atoms with Crippen LogP contribution in [0.2, 0.25) is 0 Å². The van der Waals surface area contributed by atoms with Crippen LogP contribution < -0.4 is 10.2 Å². The highest BCUT2D eigenvalue weighted by Gasteiger charge is 2.15. The normalized spacial score (nSPS) is 14.7. The highest BCUT2D eigenvalue weighted by atomic mass is 16.2. The van der Waals surface area contributed by atoms with Gasteiger partial charge in [0.05, 0.1) is 0 Å². The van der Waals surface area contributed by atoms with Gasteiger partial charge in [-0.3, -0.25) is 9.59 Å². The van der Waals surface area contributed by atoms with E-state index >= 15 is 0 Å². The first-order chi connectivity index (χ1) is 12.1. The van der Waals surface area contributed by atoms with Crippen molar-refractivity contribution in [1.29, 1.82) is 0 Å². The van der Waals surface area contributed by atoms with Gasteiger partial charge in [0.25, 0.3) is 5.91 Å². The number of nitrogens with zero attached hydrogens (tertiary/aromatic N) is 3. The number of ketones is 1. The molecule has 2 heterocycles. The van der Waals surface area contributed by atoms with Gasteiger partial charge >= 0.3 is 0 Å². The van der Waals surface area contributed by atoms with Crippen molar-refractivity contribution in [1.82, 2.24) is 9.97 Å². The van der Waals surface area contributed by atoms with Crippen LogP contribution >= 0.6 is 0 Å². The molecule has 1 fully saturated rings. The van der Waals surface area contributed by atoms with Crippen LogP contribution in [0.1, 0.15) is 53.5 Å². The third-order valence-corrected chi connectivity index (χ3v) is 4.29. The highest BCUT2D eigenvalue weighted by molar-refractivity contribution is 6.04. The zero-order valence-corrected chi connectivity index (χ0v) is 14.4. The minimum atomic E-state index is -0.306. The van der Waals surface area contributed by atoms with E-state index in [2.05, 4.69) is 20.2 Å². The monoisotopic (exact) mass is 338 g/mol. The van der Waals surface area contributed by atoms with Crippen molar-refractivity contribution in [3.05, 3.63) is 47.8 Å². The molecular weight excluding hydrogens is 316 g/mol. The summed E-state index contributed by atoms with van der Waals surface area (Å²) in [5.74, 6) is 0.257. The average Bonchev–Trinajstić information content (AvgIpc) is 2.91. The summed E-state index contributed by atoms with van der Waals surface area (Å²) in [7, 11) is 0. The van der Waals surface area contributed by atoms with Gasteiger partial charge in [-0.05, 0) is 38.0 Å². The van der Waals surface area contributed by atoms with Crippen molar-refractivity contribution < 1.29 is 9.59 Å². The number of hydrogen-bond acceptors (Lipinski definition) is 5. The summed E-state index contributed by atoms with van der Waals surface area (Å²) < 4.78 is 0. The van der Waals surface area contributed by atoms with E-state index in [0.29, 0.717) is 22.9 Å². The molecule has 1 aliphatic rings. The molecule has 6 heteroatoms. The summed E-state index contributed by atoms with van der Waals surface area (Å²) in [6.07, 6.45) is 6.32. The van der Waals surface area contributed by atoms with Crippen LogP contribution in [0.5, 0.6) is 0 Å². The lowest BCUT2D eigenvalue weighted by molar-refractivity contribution is 0.100. The Morgan fingerprint density at radius 3 is 2.56 bits per heavy atom. The fraction of sp³-hybridized carbons (Fsp3) is 0.368. The van der Waals surface area contributed by atoms with E-state index in [1.807, 2.05) is 0 Å². The summed E-state index contributed by atoms with van der Waals surface area (Å²) in [6, 6.07) is 8.49. The summed E-state index contributed by atoms with van der Waals surface area (Å²) in [6.45, 7) is 3.34. The number of nitrogens with one attached hydrogen (secondary N) is 1. The first kappa shape index (κ1) is 17.1. The molecule has 130 valence electrons. The van der Waals surface area contributed by atoms with Crippen LogP contribution in [-0.2, 0) is 0 Å². The number of rotatable bonds is 4. The Hall–Kier alpha value is -2.76. The maximum absolute atomic E-state index is 12.5. The van der Waals surface area contributed by atoms with E-state index in [4.69, 9.17) is 0 Å². The molecule has 1 aliphatic heterocycles. The second-order valence-corrected chi connectivity index (χ2v) is 6.23. The van der Waals surface area contributed by atoms with Crippen LogP contribution in [0.4, 0.5) is 11.6 Å². The maximum Gasteiger partial charge on any atom is 0.274 e. The van der Waals surface area contributed by atoms with Crippen molar-refractivity contribution in [2.45, 2.75) is 32.6 Å². The lowest BCUT2D eigenvalue weighted by Crippen LogP contribution is -2.27. The number of amides is 1. The van der Waals surface area contributed by atoms with Crippen molar-refractivity contribution in [3.8, 4) is 0 Å². The first-order valence-corrected chi connectivity index (χ1v) is 8.64. The molecule has 1 saturated heterocycles. The fourth-order valence-electron chi connectivity index (χ4n) is 2.91. The standard InChI is InChI=1S/C19H22N4O2/c1-14(24)15-7-6-8-16(13-15)21-18(25)17-9-10-20-19(22-17)23-11-4-2-3-5-12-23/h6-10,13H,2-5,11-12H2,1H3,(H,21,25). The Bertz CT molecular complexity index is 768. The van der Waals surface area contributed by atoms with E-state index in [1.165, 1.54) is 19.8 Å². The first-order valence-electron chi connectivity index (χ1n) is 8.64. The molecule has 0 atom stereocenters. The van der Waals surface area contributed by atoms with E-state index in [9.17, 15) is 9.59 Å². The topological polar surface area (TPSA) is 75.2 Å². The zero-order valence-electron chi connectivity index (χ0n) is 14.4.